The minimum Gasteiger partial charge on any atom is -1.00 e. The lowest BCUT2D eigenvalue weighted by atomic mass is 10.0. The quantitative estimate of drug-likeness (QED) is 0.232. The maximum absolute atomic E-state index is 2.52. The molecule has 0 amide bonds. The number of hydrogen-bond acceptors (Lipinski definition) is 2. The predicted octanol–water partition coefficient (Wildman–Crippen LogP) is 0.132. The zero-order valence-corrected chi connectivity index (χ0v) is 27.9. The Hall–Kier alpha value is -2.70. The summed E-state index contributed by atoms with van der Waals surface area (Å²) in [4.78, 5) is 5.04. The molecule has 0 radical (unpaired) electrons. The van der Waals surface area contributed by atoms with E-state index in [1.54, 1.807) is 0 Å². The number of piperidine rings is 2. The van der Waals surface area contributed by atoms with E-state index in [1.807, 2.05) is 0 Å². The molecule has 2 aromatic heterocycles. The molecule has 2 aromatic carbocycles. The van der Waals surface area contributed by atoms with Gasteiger partial charge in [0.1, 0.15) is 0 Å². The first-order valence-electron chi connectivity index (χ1n) is 15.4. The molecular formula is C36H44Br2N4. The highest BCUT2D eigenvalue weighted by atomic mass is 79.9. The van der Waals surface area contributed by atoms with Gasteiger partial charge < -0.3 is 43.8 Å². The number of aryl methyl sites for hydroxylation is 2. The molecule has 4 nitrogen and oxygen atoms in total. The van der Waals surface area contributed by atoms with Crippen LogP contribution in [0.5, 0.6) is 0 Å². The van der Waals surface area contributed by atoms with E-state index in [9.17, 15) is 0 Å². The standard InChI is InChI=1S/C36H44N4.2BrH/c1-3-21-39(22-4-1)35-17-25-37(26-18-35)29-33-13-9-31(10-14-33)7-8-32-11-15-34(16-12-32)30-38-27-19-36(20-28-38)40-23-5-2-6-24-40;;/h9-20,25-28H,1-8,21-24,29-30H2;2*1H/q+2;;/p-2. The average molecular weight is 693 g/mol. The van der Waals surface area contributed by atoms with E-state index in [0.717, 1.165) is 25.9 Å². The number of aromatic nitrogens is 2. The van der Waals surface area contributed by atoms with Gasteiger partial charge in [-0.3, -0.25) is 0 Å². The van der Waals surface area contributed by atoms with E-state index in [-0.39, 0.29) is 34.0 Å². The number of anilines is 2. The number of benzene rings is 2. The molecule has 6 rings (SSSR count). The summed E-state index contributed by atoms with van der Waals surface area (Å²) < 4.78 is 4.57. The Labute approximate surface area is 273 Å². The number of nitrogens with zero attached hydrogens (tertiary/aromatic N) is 4. The second kappa shape index (κ2) is 16.2. The minimum absolute atomic E-state index is 0. The number of rotatable bonds is 9. The summed E-state index contributed by atoms with van der Waals surface area (Å²) in [5, 5.41) is 0. The van der Waals surface area contributed by atoms with Crippen molar-refractivity contribution < 1.29 is 43.1 Å². The molecular weight excluding hydrogens is 648 g/mol. The molecule has 42 heavy (non-hydrogen) atoms. The second-order valence-corrected chi connectivity index (χ2v) is 11.7. The Morgan fingerprint density at radius 1 is 0.405 bits per heavy atom. The van der Waals surface area contributed by atoms with Crippen LogP contribution in [0.2, 0.25) is 0 Å². The zero-order chi connectivity index (χ0) is 27.0. The first-order chi connectivity index (χ1) is 19.8. The van der Waals surface area contributed by atoms with Crippen LogP contribution >= 0.6 is 0 Å². The molecule has 0 saturated carbocycles. The van der Waals surface area contributed by atoms with Crippen molar-refractivity contribution in [3.63, 3.8) is 0 Å². The first-order valence-corrected chi connectivity index (χ1v) is 15.4. The molecule has 6 heteroatoms. The number of pyridine rings is 2. The molecule has 4 aromatic rings. The third-order valence-electron chi connectivity index (χ3n) is 8.67. The number of hydrogen-bond donors (Lipinski definition) is 0. The fourth-order valence-electron chi connectivity index (χ4n) is 6.17. The summed E-state index contributed by atoms with van der Waals surface area (Å²) in [7, 11) is 0. The molecule has 0 unspecified atom stereocenters. The molecule has 222 valence electrons. The molecule has 2 aliphatic heterocycles. The van der Waals surface area contributed by atoms with Crippen molar-refractivity contribution in [3.8, 4) is 0 Å². The van der Waals surface area contributed by atoms with Crippen LogP contribution in [0.4, 0.5) is 11.4 Å². The van der Waals surface area contributed by atoms with E-state index in [0.29, 0.717) is 0 Å². The van der Waals surface area contributed by atoms with Crippen molar-refractivity contribution in [1.29, 1.82) is 0 Å². The van der Waals surface area contributed by atoms with Gasteiger partial charge in [-0.2, -0.15) is 0 Å². The van der Waals surface area contributed by atoms with Crippen LogP contribution in [0.15, 0.2) is 97.6 Å². The second-order valence-electron chi connectivity index (χ2n) is 11.7. The van der Waals surface area contributed by atoms with Crippen molar-refractivity contribution in [2.75, 3.05) is 36.0 Å². The van der Waals surface area contributed by atoms with E-state index in [2.05, 4.69) is 117 Å². The van der Waals surface area contributed by atoms with Crippen molar-refractivity contribution in [1.82, 2.24) is 0 Å². The average Bonchev–Trinajstić information content (AvgIpc) is 3.03. The Morgan fingerprint density at radius 2 is 0.714 bits per heavy atom. The van der Waals surface area contributed by atoms with Crippen LogP contribution in [0.1, 0.15) is 60.8 Å². The SMILES string of the molecule is [Br-].[Br-].c1cc(C[n+]2ccc(N3CCCCC3)cc2)ccc1CCc1ccc(C[n+]2ccc(N3CCCCC3)cc2)cc1. The van der Waals surface area contributed by atoms with Gasteiger partial charge in [0.05, 0.1) is 0 Å². The van der Waals surface area contributed by atoms with Gasteiger partial charge in [0.2, 0.25) is 0 Å². The Balaban J connectivity index is 0.00000202. The van der Waals surface area contributed by atoms with Gasteiger partial charge in [0.15, 0.2) is 37.9 Å². The largest absolute Gasteiger partial charge is 1.00 e. The highest BCUT2D eigenvalue weighted by Gasteiger charge is 2.14. The molecule has 4 heterocycles. The highest BCUT2D eigenvalue weighted by Crippen LogP contribution is 2.19. The molecule has 0 N–H and O–H groups in total. The van der Waals surface area contributed by atoms with E-state index in [4.69, 9.17) is 0 Å². The third kappa shape index (κ3) is 8.90. The Morgan fingerprint density at radius 3 is 1.05 bits per heavy atom. The molecule has 2 fully saturated rings. The summed E-state index contributed by atoms with van der Waals surface area (Å²) in [5.41, 5.74) is 8.24. The van der Waals surface area contributed by atoms with Gasteiger partial charge >= 0.3 is 0 Å². The lowest BCUT2D eigenvalue weighted by molar-refractivity contribution is -0.688. The first kappa shape index (κ1) is 32.2. The van der Waals surface area contributed by atoms with Crippen LogP contribution in [0.3, 0.4) is 0 Å². The summed E-state index contributed by atoms with van der Waals surface area (Å²) in [6, 6.07) is 27.5. The molecule has 0 bridgehead atoms. The molecule has 0 aliphatic carbocycles. The lowest BCUT2D eigenvalue weighted by Gasteiger charge is -2.28. The molecule has 2 aliphatic rings. The molecule has 2 saturated heterocycles. The summed E-state index contributed by atoms with van der Waals surface area (Å²) in [5.74, 6) is 0. The maximum Gasteiger partial charge on any atom is 0.173 e. The van der Waals surface area contributed by atoms with Crippen molar-refractivity contribution in [3.05, 3.63) is 120 Å². The van der Waals surface area contributed by atoms with Gasteiger partial charge in [-0.15, -0.1) is 0 Å². The zero-order valence-electron chi connectivity index (χ0n) is 24.7. The van der Waals surface area contributed by atoms with Gasteiger partial charge in [0, 0.05) is 72.9 Å². The van der Waals surface area contributed by atoms with Crippen LogP contribution in [-0.2, 0) is 25.9 Å². The van der Waals surface area contributed by atoms with Crippen LogP contribution in [0.25, 0.3) is 0 Å². The third-order valence-corrected chi connectivity index (χ3v) is 8.67. The minimum atomic E-state index is 0. The van der Waals surface area contributed by atoms with Crippen molar-refractivity contribution in [2.45, 2.75) is 64.5 Å². The normalized spacial score (nSPS) is 15.0. The fourth-order valence-corrected chi connectivity index (χ4v) is 6.17. The van der Waals surface area contributed by atoms with Crippen molar-refractivity contribution >= 4 is 11.4 Å². The van der Waals surface area contributed by atoms with Gasteiger partial charge in [-0.25, -0.2) is 9.13 Å². The van der Waals surface area contributed by atoms with Crippen molar-refractivity contribution in [2.24, 2.45) is 0 Å². The van der Waals surface area contributed by atoms with Crippen LogP contribution in [-0.4, -0.2) is 26.2 Å². The monoisotopic (exact) mass is 690 g/mol. The van der Waals surface area contributed by atoms with Crippen LogP contribution in [0, 0.1) is 0 Å². The highest BCUT2D eigenvalue weighted by molar-refractivity contribution is 5.44. The fraction of sp³-hybridized carbons (Fsp3) is 0.389. The van der Waals surface area contributed by atoms with E-state index >= 15 is 0 Å². The topological polar surface area (TPSA) is 14.2 Å². The van der Waals surface area contributed by atoms with Gasteiger partial charge in [0.25, 0.3) is 0 Å². The lowest BCUT2D eigenvalue weighted by Crippen LogP contribution is -3.00. The predicted molar refractivity (Wildman–Crippen MR) is 164 cm³/mol. The smallest absolute Gasteiger partial charge is 0.173 e. The summed E-state index contributed by atoms with van der Waals surface area (Å²) >= 11 is 0. The molecule has 0 atom stereocenters. The Bertz CT molecular complexity index is 1220. The number of halogens is 2. The summed E-state index contributed by atoms with van der Waals surface area (Å²) in [6.45, 7) is 6.62. The maximum atomic E-state index is 2.52. The molecule has 0 spiro atoms. The van der Waals surface area contributed by atoms with E-state index < -0.39 is 0 Å². The van der Waals surface area contributed by atoms with Crippen LogP contribution < -0.4 is 52.9 Å². The van der Waals surface area contributed by atoms with Gasteiger partial charge in [-0.05, 0) is 62.5 Å². The summed E-state index contributed by atoms with van der Waals surface area (Å²) in [6.07, 6.45) is 19.1. The van der Waals surface area contributed by atoms with Gasteiger partial charge in [-0.1, -0.05) is 48.5 Å². The van der Waals surface area contributed by atoms with E-state index in [1.165, 1.54) is 98.3 Å². The Kier molecular flexibility index (Phi) is 12.4.